The number of benzene rings is 1. The molecule has 0 radical (unpaired) electrons. The monoisotopic (exact) mass is 319 g/mol. The van der Waals surface area contributed by atoms with Crippen LogP contribution in [-0.2, 0) is 13.0 Å². The van der Waals surface area contributed by atoms with E-state index in [4.69, 9.17) is 4.74 Å². The van der Waals surface area contributed by atoms with E-state index in [1.165, 1.54) is 0 Å². The van der Waals surface area contributed by atoms with Crippen LogP contribution >= 0.6 is 11.3 Å². The molecule has 2 aromatic rings. The molecule has 0 aliphatic heterocycles. The highest BCUT2D eigenvalue weighted by molar-refractivity contribution is 7.11. The molecule has 1 aromatic carbocycles. The highest BCUT2D eigenvalue weighted by atomic mass is 32.1. The van der Waals surface area contributed by atoms with Crippen molar-refractivity contribution in [1.82, 2.24) is 15.6 Å². The fourth-order valence-corrected chi connectivity index (χ4v) is 2.95. The average molecular weight is 319 g/mol. The molecular weight excluding hydrogens is 298 g/mol. The van der Waals surface area contributed by atoms with Gasteiger partial charge in [-0.05, 0) is 38.0 Å². The summed E-state index contributed by atoms with van der Waals surface area (Å²) in [5.74, 6) is 0.838. The molecule has 0 unspecified atom stereocenters. The van der Waals surface area contributed by atoms with Crippen molar-refractivity contribution in [1.29, 1.82) is 0 Å². The highest BCUT2D eigenvalue weighted by Gasteiger charge is 2.06. The lowest BCUT2D eigenvalue weighted by Crippen LogP contribution is -2.36. The van der Waals surface area contributed by atoms with Crippen LogP contribution < -0.4 is 15.4 Å². The number of ether oxygens (including phenoxy) is 1. The Balaban J connectivity index is 1.70. The van der Waals surface area contributed by atoms with E-state index in [-0.39, 0.29) is 6.03 Å². The Labute approximate surface area is 134 Å². The summed E-state index contributed by atoms with van der Waals surface area (Å²) in [5, 5.41) is 6.74. The molecule has 0 aliphatic rings. The Morgan fingerprint density at radius 3 is 2.55 bits per heavy atom. The van der Waals surface area contributed by atoms with Gasteiger partial charge >= 0.3 is 6.03 Å². The number of amides is 2. The fraction of sp³-hybridized carbons (Fsp3) is 0.375. The Kier molecular flexibility index (Phi) is 5.77. The lowest BCUT2D eigenvalue weighted by atomic mass is 10.1. The number of rotatable bonds is 6. The molecule has 2 rings (SSSR count). The number of hydrogen-bond acceptors (Lipinski definition) is 4. The number of aromatic nitrogens is 1. The Bertz CT molecular complexity index is 623. The average Bonchev–Trinajstić information content (AvgIpc) is 2.84. The van der Waals surface area contributed by atoms with Gasteiger partial charge in [0.15, 0.2) is 0 Å². The first-order valence-electron chi connectivity index (χ1n) is 7.16. The van der Waals surface area contributed by atoms with Crippen molar-refractivity contribution in [3.05, 3.63) is 45.4 Å². The van der Waals surface area contributed by atoms with Crippen LogP contribution in [0.4, 0.5) is 4.79 Å². The zero-order chi connectivity index (χ0) is 15.9. The number of aryl methyl sites for hydroxylation is 2. The van der Waals surface area contributed by atoms with Gasteiger partial charge in [-0.1, -0.05) is 12.1 Å². The maximum absolute atomic E-state index is 11.8. The molecule has 1 heterocycles. The van der Waals surface area contributed by atoms with Crippen molar-refractivity contribution in [2.45, 2.75) is 26.8 Å². The van der Waals surface area contributed by atoms with Gasteiger partial charge in [0, 0.05) is 11.4 Å². The van der Waals surface area contributed by atoms with Gasteiger partial charge in [-0.3, -0.25) is 0 Å². The molecule has 0 saturated heterocycles. The smallest absolute Gasteiger partial charge is 0.315 e. The van der Waals surface area contributed by atoms with E-state index in [1.807, 2.05) is 38.1 Å². The second-order valence-electron chi connectivity index (χ2n) is 4.95. The van der Waals surface area contributed by atoms with Gasteiger partial charge in [0.05, 0.1) is 24.4 Å². The number of thiazole rings is 1. The summed E-state index contributed by atoms with van der Waals surface area (Å²) in [4.78, 5) is 17.2. The van der Waals surface area contributed by atoms with E-state index in [0.29, 0.717) is 13.1 Å². The summed E-state index contributed by atoms with van der Waals surface area (Å²) in [6, 6.07) is 7.69. The molecule has 0 aliphatic carbocycles. The molecule has 118 valence electrons. The van der Waals surface area contributed by atoms with Gasteiger partial charge < -0.3 is 15.4 Å². The first-order chi connectivity index (χ1) is 10.6. The van der Waals surface area contributed by atoms with Crippen molar-refractivity contribution in [2.75, 3.05) is 13.7 Å². The number of carbonyl (C=O) groups excluding carboxylic acids is 1. The SMILES string of the molecule is COc1ccc(CCNC(=O)NCc2sc(C)nc2C)cc1. The Morgan fingerprint density at radius 1 is 1.23 bits per heavy atom. The van der Waals surface area contributed by atoms with Gasteiger partial charge in [-0.2, -0.15) is 0 Å². The van der Waals surface area contributed by atoms with E-state index in [2.05, 4.69) is 15.6 Å². The molecule has 0 bridgehead atoms. The number of nitrogens with zero attached hydrogens (tertiary/aromatic N) is 1. The standard InChI is InChI=1S/C16H21N3O2S/c1-11-15(22-12(2)19-11)10-18-16(20)17-9-8-13-4-6-14(21-3)7-5-13/h4-7H,8-10H2,1-3H3,(H2,17,18,20). The zero-order valence-corrected chi connectivity index (χ0v) is 13.9. The molecule has 5 nitrogen and oxygen atoms in total. The second-order valence-corrected chi connectivity index (χ2v) is 6.24. The molecule has 0 fully saturated rings. The first kappa shape index (κ1) is 16.3. The Hall–Kier alpha value is -2.08. The Morgan fingerprint density at radius 2 is 1.95 bits per heavy atom. The van der Waals surface area contributed by atoms with Crippen molar-refractivity contribution in [3.8, 4) is 5.75 Å². The summed E-state index contributed by atoms with van der Waals surface area (Å²) in [6.07, 6.45) is 0.788. The molecule has 0 saturated carbocycles. The summed E-state index contributed by atoms with van der Waals surface area (Å²) in [7, 11) is 1.65. The van der Waals surface area contributed by atoms with Crippen molar-refractivity contribution in [2.24, 2.45) is 0 Å². The quantitative estimate of drug-likeness (QED) is 0.860. The van der Waals surface area contributed by atoms with E-state index < -0.39 is 0 Å². The van der Waals surface area contributed by atoms with Crippen LogP contribution in [0.1, 0.15) is 21.1 Å². The van der Waals surface area contributed by atoms with Crippen LogP contribution in [0.5, 0.6) is 5.75 Å². The predicted molar refractivity (Wildman–Crippen MR) is 88.5 cm³/mol. The van der Waals surface area contributed by atoms with Crippen molar-refractivity contribution in [3.63, 3.8) is 0 Å². The van der Waals surface area contributed by atoms with Crippen LogP contribution in [0.3, 0.4) is 0 Å². The van der Waals surface area contributed by atoms with E-state index in [9.17, 15) is 4.79 Å². The van der Waals surface area contributed by atoms with Crippen molar-refractivity contribution < 1.29 is 9.53 Å². The van der Waals surface area contributed by atoms with Gasteiger partial charge in [-0.15, -0.1) is 11.3 Å². The predicted octanol–water partition coefficient (Wildman–Crippen LogP) is 2.81. The minimum atomic E-state index is -0.154. The van der Waals surface area contributed by atoms with Gasteiger partial charge in [0.25, 0.3) is 0 Å². The number of urea groups is 1. The van der Waals surface area contributed by atoms with Crippen LogP contribution in [0.15, 0.2) is 24.3 Å². The number of hydrogen-bond donors (Lipinski definition) is 2. The minimum absolute atomic E-state index is 0.154. The molecule has 0 spiro atoms. The third-order valence-electron chi connectivity index (χ3n) is 3.27. The van der Waals surface area contributed by atoms with Gasteiger partial charge in [0.2, 0.25) is 0 Å². The lowest BCUT2D eigenvalue weighted by Gasteiger charge is -2.07. The van der Waals surface area contributed by atoms with Crippen molar-refractivity contribution >= 4 is 17.4 Å². The van der Waals surface area contributed by atoms with E-state index >= 15 is 0 Å². The molecular formula is C16H21N3O2S. The topological polar surface area (TPSA) is 63.2 Å². The molecule has 2 N–H and O–H groups in total. The highest BCUT2D eigenvalue weighted by Crippen LogP contribution is 2.16. The first-order valence-corrected chi connectivity index (χ1v) is 7.97. The largest absolute Gasteiger partial charge is 0.497 e. The van der Waals surface area contributed by atoms with Gasteiger partial charge in [0.1, 0.15) is 5.75 Å². The lowest BCUT2D eigenvalue weighted by molar-refractivity contribution is 0.240. The summed E-state index contributed by atoms with van der Waals surface area (Å²) in [6.45, 7) is 5.04. The summed E-state index contributed by atoms with van der Waals surface area (Å²) < 4.78 is 5.11. The number of methoxy groups -OCH3 is 1. The second kappa shape index (κ2) is 7.79. The molecule has 0 atom stereocenters. The van der Waals surface area contributed by atoms with Crippen LogP contribution in [0.25, 0.3) is 0 Å². The van der Waals surface area contributed by atoms with Crippen LogP contribution in [0, 0.1) is 13.8 Å². The molecule has 2 amide bonds. The summed E-state index contributed by atoms with van der Waals surface area (Å²) >= 11 is 1.62. The minimum Gasteiger partial charge on any atom is -0.497 e. The normalized spacial score (nSPS) is 10.3. The number of nitrogens with one attached hydrogen (secondary N) is 2. The maximum Gasteiger partial charge on any atom is 0.315 e. The third-order valence-corrected chi connectivity index (χ3v) is 4.34. The molecule has 6 heteroatoms. The van der Waals surface area contributed by atoms with Gasteiger partial charge in [-0.25, -0.2) is 9.78 Å². The van der Waals surface area contributed by atoms with Crippen LogP contribution in [0.2, 0.25) is 0 Å². The van der Waals surface area contributed by atoms with E-state index in [1.54, 1.807) is 18.4 Å². The fourth-order valence-electron chi connectivity index (χ4n) is 2.07. The maximum atomic E-state index is 11.8. The third kappa shape index (κ3) is 4.73. The molecule has 22 heavy (non-hydrogen) atoms. The van der Waals surface area contributed by atoms with E-state index in [0.717, 1.165) is 33.3 Å². The number of carbonyl (C=O) groups is 1. The van der Waals surface area contributed by atoms with Crippen LogP contribution in [-0.4, -0.2) is 24.7 Å². The molecule has 1 aromatic heterocycles. The zero-order valence-electron chi connectivity index (χ0n) is 13.1. The summed E-state index contributed by atoms with van der Waals surface area (Å²) in [5.41, 5.74) is 2.15.